The minimum atomic E-state index is -0.512. The van der Waals surface area contributed by atoms with Gasteiger partial charge in [-0.15, -0.1) is 0 Å². The smallest absolute Gasteiger partial charge is 0.375 e. The van der Waals surface area contributed by atoms with Crippen molar-refractivity contribution in [1.82, 2.24) is 15.2 Å². The van der Waals surface area contributed by atoms with Crippen molar-refractivity contribution in [3.8, 4) is 11.4 Å². The van der Waals surface area contributed by atoms with Gasteiger partial charge in [-0.05, 0) is 31.2 Å². The lowest BCUT2D eigenvalue weighted by atomic mass is 10.2. The third-order valence-corrected chi connectivity index (χ3v) is 2.12. The molecule has 0 spiro atoms. The number of nitrogens with two attached hydrogens (primary N) is 1. The van der Waals surface area contributed by atoms with Crippen molar-refractivity contribution in [2.24, 2.45) is 0 Å². The van der Waals surface area contributed by atoms with Gasteiger partial charge in [0.2, 0.25) is 5.82 Å². The summed E-state index contributed by atoms with van der Waals surface area (Å²) < 4.78 is 4.80. The average molecular weight is 232 g/mol. The van der Waals surface area contributed by atoms with E-state index in [4.69, 9.17) is 10.5 Å². The molecule has 1 aromatic heterocycles. The average Bonchev–Trinajstić information content (AvgIpc) is 2.80. The molecule has 2 rings (SSSR count). The number of hydrogen-bond acceptors (Lipinski definition) is 5. The molecule has 0 aliphatic rings. The first-order valence-electron chi connectivity index (χ1n) is 5.16. The highest BCUT2D eigenvalue weighted by molar-refractivity contribution is 5.85. The fourth-order valence-electron chi connectivity index (χ4n) is 1.31. The first kappa shape index (κ1) is 11.1. The second kappa shape index (κ2) is 4.65. The van der Waals surface area contributed by atoms with E-state index in [1.165, 1.54) is 0 Å². The molecular weight excluding hydrogens is 220 g/mol. The highest BCUT2D eigenvalue weighted by Crippen LogP contribution is 2.16. The Kier molecular flexibility index (Phi) is 3.04. The van der Waals surface area contributed by atoms with E-state index in [9.17, 15) is 4.79 Å². The number of nitrogen functional groups attached to an aromatic ring is 1. The van der Waals surface area contributed by atoms with Gasteiger partial charge >= 0.3 is 5.97 Å². The van der Waals surface area contributed by atoms with E-state index >= 15 is 0 Å². The van der Waals surface area contributed by atoms with Crippen LogP contribution in [0.15, 0.2) is 24.3 Å². The zero-order valence-electron chi connectivity index (χ0n) is 9.30. The van der Waals surface area contributed by atoms with Crippen LogP contribution in [-0.2, 0) is 4.74 Å². The van der Waals surface area contributed by atoms with E-state index in [1.54, 1.807) is 31.2 Å². The molecule has 6 heteroatoms. The quantitative estimate of drug-likeness (QED) is 0.613. The number of hydrogen-bond donors (Lipinski definition) is 2. The number of anilines is 1. The van der Waals surface area contributed by atoms with E-state index in [1.807, 2.05) is 0 Å². The van der Waals surface area contributed by atoms with E-state index in [-0.39, 0.29) is 5.82 Å². The van der Waals surface area contributed by atoms with Crippen molar-refractivity contribution >= 4 is 11.7 Å². The molecule has 3 N–H and O–H groups in total. The number of aromatic nitrogens is 3. The Balaban J connectivity index is 2.23. The number of carbonyl (C=O) groups excluding carboxylic acids is 1. The van der Waals surface area contributed by atoms with Crippen LogP contribution in [0.1, 0.15) is 17.5 Å². The van der Waals surface area contributed by atoms with Gasteiger partial charge in [0.25, 0.3) is 0 Å². The van der Waals surface area contributed by atoms with Gasteiger partial charge in [-0.3, -0.25) is 5.10 Å². The van der Waals surface area contributed by atoms with Crippen LogP contribution in [0.5, 0.6) is 0 Å². The summed E-state index contributed by atoms with van der Waals surface area (Å²) in [6.45, 7) is 2.03. The molecule has 0 bridgehead atoms. The first-order valence-corrected chi connectivity index (χ1v) is 5.16. The highest BCUT2D eigenvalue weighted by Gasteiger charge is 2.13. The van der Waals surface area contributed by atoms with E-state index in [2.05, 4.69) is 15.2 Å². The summed E-state index contributed by atoms with van der Waals surface area (Å²) in [5.74, 6) is 0.0217. The third kappa shape index (κ3) is 2.41. The van der Waals surface area contributed by atoms with Gasteiger partial charge in [-0.25, -0.2) is 9.78 Å². The highest BCUT2D eigenvalue weighted by atomic mass is 16.5. The molecule has 0 amide bonds. The maximum Gasteiger partial charge on any atom is 0.375 e. The molecule has 1 aromatic carbocycles. The van der Waals surface area contributed by atoms with Crippen LogP contribution in [0.25, 0.3) is 11.4 Å². The minimum Gasteiger partial charge on any atom is -0.460 e. The van der Waals surface area contributed by atoms with E-state index < -0.39 is 5.97 Å². The molecule has 0 atom stereocenters. The topological polar surface area (TPSA) is 93.9 Å². The molecule has 0 aliphatic heterocycles. The molecule has 0 radical (unpaired) electrons. The standard InChI is InChI=1S/C11H12N4O2/c1-2-17-11(16)10-13-9(14-15-10)7-3-5-8(12)6-4-7/h3-6H,2,12H2,1H3,(H,13,14,15). The fraction of sp³-hybridized carbons (Fsp3) is 0.182. The van der Waals surface area contributed by atoms with Crippen LogP contribution < -0.4 is 5.73 Å². The Morgan fingerprint density at radius 2 is 2.12 bits per heavy atom. The number of nitrogens with one attached hydrogen (secondary N) is 1. The molecular formula is C11H12N4O2. The zero-order valence-corrected chi connectivity index (χ0v) is 9.30. The lowest BCUT2D eigenvalue weighted by Crippen LogP contribution is -2.06. The number of aromatic amines is 1. The van der Waals surface area contributed by atoms with Gasteiger partial charge in [0.15, 0.2) is 5.82 Å². The molecule has 0 fully saturated rings. The summed E-state index contributed by atoms with van der Waals surface area (Å²) in [4.78, 5) is 15.4. The Morgan fingerprint density at radius 1 is 1.41 bits per heavy atom. The Labute approximate surface area is 97.8 Å². The van der Waals surface area contributed by atoms with Gasteiger partial charge in [-0.1, -0.05) is 0 Å². The predicted molar refractivity (Wildman–Crippen MR) is 62.2 cm³/mol. The van der Waals surface area contributed by atoms with Crippen LogP contribution in [0, 0.1) is 0 Å². The van der Waals surface area contributed by atoms with Crippen LogP contribution in [0.3, 0.4) is 0 Å². The Bertz CT molecular complexity index is 519. The maximum absolute atomic E-state index is 11.4. The van der Waals surface area contributed by atoms with E-state index in [0.717, 1.165) is 5.56 Å². The van der Waals surface area contributed by atoms with Crippen LogP contribution in [-0.4, -0.2) is 27.8 Å². The van der Waals surface area contributed by atoms with Crippen molar-refractivity contribution < 1.29 is 9.53 Å². The molecule has 1 heterocycles. The second-order valence-electron chi connectivity index (χ2n) is 3.35. The largest absolute Gasteiger partial charge is 0.460 e. The lowest BCUT2D eigenvalue weighted by molar-refractivity contribution is 0.0512. The summed E-state index contributed by atoms with van der Waals surface area (Å²) in [7, 11) is 0. The monoisotopic (exact) mass is 232 g/mol. The number of ether oxygens (including phenoxy) is 1. The number of esters is 1. The van der Waals surface area contributed by atoms with Gasteiger partial charge in [0.05, 0.1) is 6.61 Å². The third-order valence-electron chi connectivity index (χ3n) is 2.12. The molecule has 6 nitrogen and oxygen atoms in total. The van der Waals surface area contributed by atoms with Crippen molar-refractivity contribution in [1.29, 1.82) is 0 Å². The van der Waals surface area contributed by atoms with Crippen LogP contribution in [0.2, 0.25) is 0 Å². The number of nitrogens with zero attached hydrogens (tertiary/aromatic N) is 2. The maximum atomic E-state index is 11.4. The second-order valence-corrected chi connectivity index (χ2v) is 3.35. The van der Waals surface area contributed by atoms with Crippen molar-refractivity contribution in [2.45, 2.75) is 6.92 Å². The zero-order chi connectivity index (χ0) is 12.3. The molecule has 17 heavy (non-hydrogen) atoms. The molecule has 0 saturated heterocycles. The minimum absolute atomic E-state index is 0.0960. The normalized spacial score (nSPS) is 10.2. The lowest BCUT2D eigenvalue weighted by Gasteiger charge is -1.96. The van der Waals surface area contributed by atoms with E-state index in [0.29, 0.717) is 18.1 Å². The van der Waals surface area contributed by atoms with Crippen molar-refractivity contribution in [2.75, 3.05) is 12.3 Å². The number of benzene rings is 1. The molecule has 2 aromatic rings. The summed E-state index contributed by atoms with van der Waals surface area (Å²) in [6, 6.07) is 7.06. The van der Waals surface area contributed by atoms with Crippen LogP contribution in [0.4, 0.5) is 5.69 Å². The number of rotatable bonds is 3. The molecule has 0 saturated carbocycles. The van der Waals surface area contributed by atoms with Crippen LogP contribution >= 0.6 is 0 Å². The summed E-state index contributed by atoms with van der Waals surface area (Å²) in [5, 5.41) is 6.48. The van der Waals surface area contributed by atoms with Gasteiger partial charge in [0, 0.05) is 11.3 Å². The summed E-state index contributed by atoms with van der Waals surface area (Å²) in [6.07, 6.45) is 0. The van der Waals surface area contributed by atoms with Gasteiger partial charge in [0.1, 0.15) is 0 Å². The molecule has 0 unspecified atom stereocenters. The summed E-state index contributed by atoms with van der Waals surface area (Å²) >= 11 is 0. The molecule has 0 aliphatic carbocycles. The fourth-order valence-corrected chi connectivity index (χ4v) is 1.31. The Hall–Kier alpha value is -2.37. The SMILES string of the molecule is CCOC(=O)c1nc(-c2ccc(N)cc2)n[nH]1. The van der Waals surface area contributed by atoms with Crippen molar-refractivity contribution in [3.05, 3.63) is 30.1 Å². The Morgan fingerprint density at radius 3 is 2.76 bits per heavy atom. The van der Waals surface area contributed by atoms with Gasteiger partial charge < -0.3 is 10.5 Å². The van der Waals surface area contributed by atoms with Crippen molar-refractivity contribution in [3.63, 3.8) is 0 Å². The number of carbonyl (C=O) groups is 1. The summed E-state index contributed by atoms with van der Waals surface area (Å²) in [5.41, 5.74) is 7.02. The predicted octanol–water partition coefficient (Wildman–Crippen LogP) is 1.23. The number of H-pyrrole nitrogens is 1. The van der Waals surface area contributed by atoms with Gasteiger partial charge in [-0.2, -0.15) is 5.10 Å². The molecule has 88 valence electrons. The first-order chi connectivity index (χ1) is 8.20.